The zero-order chi connectivity index (χ0) is 11.2. The van der Waals surface area contributed by atoms with Gasteiger partial charge in [-0.2, -0.15) is 0 Å². The highest BCUT2D eigenvalue weighted by Crippen LogP contribution is 2.00. The minimum Gasteiger partial charge on any atom is -0.391 e. The summed E-state index contributed by atoms with van der Waals surface area (Å²) in [7, 11) is 0.236. The second kappa shape index (κ2) is 13.3. The molecule has 0 aliphatic carbocycles. The molecule has 0 aliphatic rings. The highest BCUT2D eigenvalue weighted by molar-refractivity contribution is 6.35. The molecule has 0 rings (SSSR count). The first-order valence-corrected chi connectivity index (χ1v) is 8.10. The molecule has 88 valence electrons. The largest absolute Gasteiger partial charge is 0.391 e. The van der Waals surface area contributed by atoms with Crippen LogP contribution in [0.2, 0.25) is 12.1 Å². The lowest BCUT2D eigenvalue weighted by Crippen LogP contribution is -2.07. The van der Waals surface area contributed by atoms with Crippen molar-refractivity contribution < 1.29 is 0 Å². The van der Waals surface area contributed by atoms with Crippen LogP contribution in [0.4, 0.5) is 0 Å². The molecule has 0 saturated heterocycles. The van der Waals surface area contributed by atoms with Gasteiger partial charge in [0.1, 0.15) is 0 Å². The molecule has 0 heterocycles. The highest BCUT2D eigenvalue weighted by Gasteiger charge is 1.91. The molecule has 0 unspecified atom stereocenters. The number of hydrogen-bond donors (Lipinski definition) is 2. The van der Waals surface area contributed by atoms with Crippen LogP contribution in [0.15, 0.2) is 25.6 Å². The minimum atomic E-state index is 0.236. The van der Waals surface area contributed by atoms with Gasteiger partial charge in [-0.3, -0.25) is 0 Å². The maximum Gasteiger partial charge on any atom is 0.0197 e. The molecule has 0 aromatic carbocycles. The summed E-state index contributed by atoms with van der Waals surface area (Å²) in [5.74, 6) is 0. The lowest BCUT2D eigenvalue weighted by molar-refractivity contribution is 0.721. The van der Waals surface area contributed by atoms with E-state index >= 15 is 0 Å². The summed E-state index contributed by atoms with van der Waals surface area (Å²) < 4.78 is 0. The van der Waals surface area contributed by atoms with E-state index in [4.69, 9.17) is 0 Å². The molecule has 0 amide bonds. The Morgan fingerprint density at radius 3 is 1.67 bits per heavy atom. The van der Waals surface area contributed by atoms with Crippen molar-refractivity contribution in [2.75, 3.05) is 13.1 Å². The normalized spacial score (nSPS) is 9.60. The fraction of sp³-hybridized carbons (Fsp3) is 0.667. The van der Waals surface area contributed by atoms with E-state index in [0.29, 0.717) is 0 Å². The van der Waals surface area contributed by atoms with E-state index in [0.717, 1.165) is 13.1 Å². The van der Waals surface area contributed by atoms with Gasteiger partial charge in [-0.05, 0) is 25.2 Å². The van der Waals surface area contributed by atoms with Crippen molar-refractivity contribution in [3.63, 3.8) is 0 Å². The lowest BCUT2D eigenvalue weighted by atomic mass is 10.3. The SMILES string of the molecule is C=CNCCCC[SiH2]CCCCNC=C. The van der Waals surface area contributed by atoms with E-state index in [2.05, 4.69) is 23.8 Å². The molecule has 15 heavy (non-hydrogen) atoms. The number of rotatable bonds is 12. The molecule has 0 aromatic heterocycles. The predicted octanol–water partition coefficient (Wildman–Crippen LogP) is 2.02. The summed E-state index contributed by atoms with van der Waals surface area (Å²) in [6.45, 7) is 9.45. The average Bonchev–Trinajstić information content (AvgIpc) is 2.26. The molecule has 2 N–H and O–H groups in total. The van der Waals surface area contributed by atoms with E-state index in [1.54, 1.807) is 12.4 Å². The smallest absolute Gasteiger partial charge is 0.0197 e. The lowest BCUT2D eigenvalue weighted by Gasteiger charge is -2.02. The van der Waals surface area contributed by atoms with E-state index in [-0.39, 0.29) is 9.52 Å². The van der Waals surface area contributed by atoms with Crippen LogP contribution >= 0.6 is 0 Å². The van der Waals surface area contributed by atoms with Gasteiger partial charge >= 0.3 is 0 Å². The minimum absolute atomic E-state index is 0.236. The first-order chi connectivity index (χ1) is 7.41. The van der Waals surface area contributed by atoms with Gasteiger partial charge in [0.25, 0.3) is 0 Å². The van der Waals surface area contributed by atoms with Crippen LogP contribution in [0.5, 0.6) is 0 Å². The fourth-order valence-electron chi connectivity index (χ4n) is 1.54. The summed E-state index contributed by atoms with van der Waals surface area (Å²) in [6, 6.07) is 3.02. The first-order valence-electron chi connectivity index (χ1n) is 6.10. The number of unbranched alkanes of at least 4 members (excludes halogenated alkanes) is 2. The number of nitrogens with one attached hydrogen (secondary N) is 2. The average molecular weight is 226 g/mol. The Balaban J connectivity index is 2.86. The van der Waals surface area contributed by atoms with Crippen molar-refractivity contribution in [1.29, 1.82) is 0 Å². The van der Waals surface area contributed by atoms with Crippen LogP contribution in [-0.2, 0) is 0 Å². The summed E-state index contributed by atoms with van der Waals surface area (Å²) >= 11 is 0. The van der Waals surface area contributed by atoms with E-state index in [9.17, 15) is 0 Å². The van der Waals surface area contributed by atoms with Crippen LogP contribution < -0.4 is 10.6 Å². The summed E-state index contributed by atoms with van der Waals surface area (Å²) in [5.41, 5.74) is 0. The molecular weight excluding hydrogens is 200 g/mol. The highest BCUT2D eigenvalue weighted by atomic mass is 28.2. The van der Waals surface area contributed by atoms with Crippen molar-refractivity contribution in [3.8, 4) is 0 Å². The van der Waals surface area contributed by atoms with Crippen molar-refractivity contribution in [1.82, 2.24) is 10.6 Å². The molecule has 0 saturated carbocycles. The van der Waals surface area contributed by atoms with Crippen molar-refractivity contribution in [3.05, 3.63) is 25.6 Å². The molecule has 2 nitrogen and oxygen atoms in total. The van der Waals surface area contributed by atoms with Crippen molar-refractivity contribution >= 4 is 9.52 Å². The first kappa shape index (κ1) is 14.3. The Hall–Kier alpha value is -0.703. The van der Waals surface area contributed by atoms with Crippen LogP contribution in [0.1, 0.15) is 25.7 Å². The maximum absolute atomic E-state index is 3.63. The zero-order valence-electron chi connectivity index (χ0n) is 9.93. The zero-order valence-corrected chi connectivity index (χ0v) is 11.3. The molecule has 0 aromatic rings. The third kappa shape index (κ3) is 13.3. The molecule has 0 atom stereocenters. The molecular formula is C12H26N2Si. The molecule has 0 spiro atoms. The monoisotopic (exact) mass is 226 g/mol. The Bertz CT molecular complexity index is 133. The fourth-order valence-corrected chi connectivity index (χ4v) is 3.31. The van der Waals surface area contributed by atoms with Gasteiger partial charge in [0.15, 0.2) is 0 Å². The van der Waals surface area contributed by atoms with Gasteiger partial charge in [0.05, 0.1) is 0 Å². The molecule has 0 aliphatic heterocycles. The quantitative estimate of drug-likeness (QED) is 0.393. The predicted molar refractivity (Wildman–Crippen MR) is 73.0 cm³/mol. The topological polar surface area (TPSA) is 24.1 Å². The van der Waals surface area contributed by atoms with E-state index in [1.807, 2.05) is 0 Å². The molecule has 3 heteroatoms. The summed E-state index contributed by atoms with van der Waals surface area (Å²) in [6.07, 6.45) is 8.97. The van der Waals surface area contributed by atoms with Gasteiger partial charge in [0.2, 0.25) is 0 Å². The van der Waals surface area contributed by atoms with Gasteiger partial charge in [-0.25, -0.2) is 0 Å². The third-order valence-electron chi connectivity index (χ3n) is 2.43. The molecule has 0 fully saturated rings. The van der Waals surface area contributed by atoms with Crippen LogP contribution in [0.3, 0.4) is 0 Å². The summed E-state index contributed by atoms with van der Waals surface area (Å²) in [4.78, 5) is 0. The third-order valence-corrected chi connectivity index (χ3v) is 4.43. The Morgan fingerprint density at radius 1 is 0.800 bits per heavy atom. The Morgan fingerprint density at radius 2 is 1.27 bits per heavy atom. The van der Waals surface area contributed by atoms with Gasteiger partial charge in [0, 0.05) is 22.6 Å². The number of hydrogen-bond acceptors (Lipinski definition) is 2. The maximum atomic E-state index is 3.63. The van der Waals surface area contributed by atoms with Gasteiger partial charge in [-0.15, -0.1) is 0 Å². The Kier molecular flexibility index (Phi) is 12.7. The molecule has 0 radical (unpaired) electrons. The molecule has 0 bridgehead atoms. The summed E-state index contributed by atoms with van der Waals surface area (Å²) in [5, 5.41) is 6.27. The van der Waals surface area contributed by atoms with Crippen LogP contribution in [-0.4, -0.2) is 22.6 Å². The Labute approximate surface area is 97.0 Å². The van der Waals surface area contributed by atoms with Crippen LogP contribution in [0, 0.1) is 0 Å². The van der Waals surface area contributed by atoms with E-state index in [1.165, 1.54) is 37.8 Å². The standard InChI is InChI=1S/C12H26N2Si/c1-3-13-9-5-7-11-15-12-8-6-10-14-4-2/h3-4,13-14H,1-2,5-12,15H2. The van der Waals surface area contributed by atoms with Gasteiger partial charge in [-0.1, -0.05) is 38.1 Å². The van der Waals surface area contributed by atoms with Gasteiger partial charge < -0.3 is 10.6 Å². The van der Waals surface area contributed by atoms with E-state index < -0.39 is 0 Å². The second-order valence-corrected chi connectivity index (χ2v) is 5.91. The van der Waals surface area contributed by atoms with Crippen molar-refractivity contribution in [2.45, 2.75) is 37.8 Å². The van der Waals surface area contributed by atoms with Crippen LogP contribution in [0.25, 0.3) is 0 Å². The van der Waals surface area contributed by atoms with Crippen molar-refractivity contribution in [2.24, 2.45) is 0 Å². The second-order valence-electron chi connectivity index (χ2n) is 3.79.